The average Bonchev–Trinajstić information content (AvgIpc) is 2.98. The van der Waals surface area contributed by atoms with Gasteiger partial charge in [-0.05, 0) is 61.1 Å². The number of benzene rings is 4. The van der Waals surface area contributed by atoms with Crippen LogP contribution >= 0.6 is 23.2 Å². The van der Waals surface area contributed by atoms with Crippen LogP contribution < -0.4 is 9.47 Å². The highest BCUT2D eigenvalue weighted by Crippen LogP contribution is 2.44. The first-order valence-electron chi connectivity index (χ1n) is 13.3. The summed E-state index contributed by atoms with van der Waals surface area (Å²) >= 11 is 12.5. The number of rotatable bonds is 12. The van der Waals surface area contributed by atoms with Gasteiger partial charge in [0, 0.05) is 35.1 Å². The molecule has 0 aliphatic heterocycles. The molecule has 4 aromatic rings. The molecule has 0 fully saturated rings. The molecule has 42 heavy (non-hydrogen) atoms. The van der Waals surface area contributed by atoms with E-state index in [0.29, 0.717) is 24.3 Å². The molecule has 0 amide bonds. The summed E-state index contributed by atoms with van der Waals surface area (Å²) in [6.45, 7) is 0. The van der Waals surface area contributed by atoms with E-state index in [1.807, 2.05) is 48.5 Å². The van der Waals surface area contributed by atoms with Gasteiger partial charge in [0.15, 0.2) is 0 Å². The topological polar surface area (TPSA) is 116 Å². The molecule has 0 spiro atoms. The van der Waals surface area contributed by atoms with Crippen molar-refractivity contribution in [3.05, 3.63) is 105 Å². The van der Waals surface area contributed by atoms with Gasteiger partial charge in [0.05, 0.1) is 24.3 Å². The number of aryl methyl sites for hydroxylation is 2. The zero-order chi connectivity index (χ0) is 30.4. The molecule has 4 rings (SSSR count). The number of carbonyl (C=O) groups excluding carboxylic acids is 1. The normalized spacial score (nSPS) is 12.5. The predicted molar refractivity (Wildman–Crippen MR) is 163 cm³/mol. The third-order valence-electron chi connectivity index (χ3n) is 7.42. The molecule has 220 valence electrons. The molecule has 4 N–H and O–H groups in total. The molecule has 0 aliphatic carbocycles. The lowest BCUT2D eigenvalue weighted by Gasteiger charge is -2.26. The first-order chi connectivity index (χ1) is 20.1. The number of Topliss-reactive ketones (excluding diaryl/α,β-unsaturated/α-hetero) is 1. The van der Waals surface area contributed by atoms with Crippen molar-refractivity contribution in [2.24, 2.45) is 0 Å². The standard InChI is InChI=1S/C33H32Cl2O7/c1-41-31-9-5-3-7-19(31)11-13-21(23-15-25(34)29(38)17-27(23)36)33(40)22(24-16-26(35)30(39)18-28(24)37)14-12-20-8-4-6-10-32(20)42-2/h3-10,15-18,21-22,36-39H,11-14H2,1-2H3. The van der Waals surface area contributed by atoms with Gasteiger partial charge in [0.1, 0.15) is 40.3 Å². The molecule has 0 saturated heterocycles. The minimum atomic E-state index is -0.900. The van der Waals surface area contributed by atoms with Crippen LogP contribution in [0.4, 0.5) is 0 Å². The summed E-state index contributed by atoms with van der Waals surface area (Å²) in [6, 6.07) is 19.9. The van der Waals surface area contributed by atoms with Crippen molar-refractivity contribution in [1.29, 1.82) is 0 Å². The van der Waals surface area contributed by atoms with Crippen LogP contribution in [0.5, 0.6) is 34.5 Å². The Hall–Kier alpha value is -4.07. The average molecular weight is 612 g/mol. The van der Waals surface area contributed by atoms with E-state index in [-0.39, 0.29) is 62.8 Å². The van der Waals surface area contributed by atoms with Gasteiger partial charge >= 0.3 is 0 Å². The highest BCUT2D eigenvalue weighted by atomic mass is 35.5. The summed E-state index contributed by atoms with van der Waals surface area (Å²) in [7, 11) is 3.14. The van der Waals surface area contributed by atoms with Crippen LogP contribution in [-0.4, -0.2) is 40.4 Å². The molecule has 0 aromatic heterocycles. The Morgan fingerprint density at radius 2 is 1.02 bits per heavy atom. The Kier molecular flexibility index (Phi) is 10.1. The fourth-order valence-corrected chi connectivity index (χ4v) is 5.60. The fourth-order valence-electron chi connectivity index (χ4n) is 5.25. The maximum Gasteiger partial charge on any atom is 0.148 e. The van der Waals surface area contributed by atoms with E-state index in [4.69, 9.17) is 32.7 Å². The molecule has 0 radical (unpaired) electrons. The molecular formula is C33H32Cl2O7. The van der Waals surface area contributed by atoms with Gasteiger partial charge in [-0.15, -0.1) is 0 Å². The Morgan fingerprint density at radius 1 is 0.643 bits per heavy atom. The predicted octanol–water partition coefficient (Wildman–Crippen LogP) is 7.54. The third-order valence-corrected chi connectivity index (χ3v) is 8.03. The van der Waals surface area contributed by atoms with Crippen LogP contribution in [0.15, 0.2) is 72.8 Å². The maximum atomic E-state index is 14.6. The van der Waals surface area contributed by atoms with E-state index >= 15 is 0 Å². The summed E-state index contributed by atoms with van der Waals surface area (Å²) in [6.07, 6.45) is 1.34. The van der Waals surface area contributed by atoms with Gasteiger partial charge in [0.25, 0.3) is 0 Å². The highest BCUT2D eigenvalue weighted by molar-refractivity contribution is 6.32. The van der Waals surface area contributed by atoms with Gasteiger partial charge in [-0.25, -0.2) is 0 Å². The number of para-hydroxylation sites is 2. The van der Waals surface area contributed by atoms with E-state index < -0.39 is 11.8 Å². The molecule has 2 unspecified atom stereocenters. The van der Waals surface area contributed by atoms with Gasteiger partial charge in [-0.2, -0.15) is 0 Å². The van der Waals surface area contributed by atoms with E-state index in [9.17, 15) is 25.2 Å². The first-order valence-corrected chi connectivity index (χ1v) is 14.1. The van der Waals surface area contributed by atoms with Crippen LogP contribution in [0.2, 0.25) is 10.0 Å². The Bertz CT molecular complexity index is 1460. The number of phenols is 4. The van der Waals surface area contributed by atoms with E-state index in [0.717, 1.165) is 23.3 Å². The lowest BCUT2D eigenvalue weighted by atomic mass is 9.78. The van der Waals surface area contributed by atoms with Crippen LogP contribution in [-0.2, 0) is 17.6 Å². The summed E-state index contributed by atoms with van der Waals surface area (Å²) < 4.78 is 11.0. The number of halogens is 2. The maximum absolute atomic E-state index is 14.6. The zero-order valence-electron chi connectivity index (χ0n) is 23.2. The molecule has 0 heterocycles. The van der Waals surface area contributed by atoms with Crippen molar-refractivity contribution < 1.29 is 34.7 Å². The third kappa shape index (κ3) is 6.86. The largest absolute Gasteiger partial charge is 0.508 e. The minimum absolute atomic E-state index is 0.0148. The number of ether oxygens (including phenoxy) is 2. The van der Waals surface area contributed by atoms with Crippen LogP contribution in [0.1, 0.15) is 46.9 Å². The van der Waals surface area contributed by atoms with Gasteiger partial charge in [-0.3, -0.25) is 4.79 Å². The number of aromatic hydroxyl groups is 4. The van der Waals surface area contributed by atoms with Crippen molar-refractivity contribution in [1.82, 2.24) is 0 Å². The second kappa shape index (κ2) is 13.7. The lowest BCUT2D eigenvalue weighted by molar-refractivity contribution is -0.122. The van der Waals surface area contributed by atoms with Crippen molar-refractivity contribution in [2.45, 2.75) is 37.5 Å². The summed E-state index contributed by atoms with van der Waals surface area (Å²) in [5.74, 6) is -1.99. The van der Waals surface area contributed by atoms with E-state index in [1.165, 1.54) is 12.1 Å². The molecule has 0 saturated carbocycles. The summed E-state index contributed by atoms with van der Waals surface area (Å²) in [4.78, 5) is 14.6. The van der Waals surface area contributed by atoms with Crippen LogP contribution in [0, 0.1) is 0 Å². The van der Waals surface area contributed by atoms with Crippen molar-refractivity contribution >= 4 is 29.0 Å². The Labute approximate surface area is 254 Å². The molecular weight excluding hydrogens is 579 g/mol. The van der Waals surface area contributed by atoms with Crippen molar-refractivity contribution in [3.8, 4) is 34.5 Å². The molecule has 4 aromatic carbocycles. The zero-order valence-corrected chi connectivity index (χ0v) is 24.7. The Balaban J connectivity index is 1.80. The molecule has 9 heteroatoms. The summed E-state index contributed by atoms with van der Waals surface area (Å²) in [5, 5.41) is 41.9. The quantitative estimate of drug-likeness (QED) is 0.131. The smallest absolute Gasteiger partial charge is 0.148 e. The van der Waals surface area contributed by atoms with E-state index in [1.54, 1.807) is 14.2 Å². The minimum Gasteiger partial charge on any atom is -0.508 e. The second-order valence-corrected chi connectivity index (χ2v) is 10.7. The van der Waals surface area contributed by atoms with Gasteiger partial charge < -0.3 is 29.9 Å². The monoisotopic (exact) mass is 610 g/mol. The number of carbonyl (C=O) groups is 1. The molecule has 7 nitrogen and oxygen atoms in total. The number of hydrogen-bond acceptors (Lipinski definition) is 7. The first kappa shape index (κ1) is 30.9. The Morgan fingerprint density at radius 3 is 1.40 bits per heavy atom. The lowest BCUT2D eigenvalue weighted by Crippen LogP contribution is -2.23. The fraction of sp³-hybridized carbons (Fsp3) is 0.242. The second-order valence-electron chi connectivity index (χ2n) is 9.93. The van der Waals surface area contributed by atoms with Crippen molar-refractivity contribution in [3.63, 3.8) is 0 Å². The molecule has 2 atom stereocenters. The molecule has 0 bridgehead atoms. The van der Waals surface area contributed by atoms with E-state index in [2.05, 4.69) is 0 Å². The SMILES string of the molecule is COc1ccccc1CCC(C(=O)C(CCc1ccccc1OC)c1cc(Cl)c(O)cc1O)c1cc(Cl)c(O)cc1O. The number of phenolic OH excluding ortho intramolecular Hbond substituents is 4. The van der Waals surface area contributed by atoms with Gasteiger partial charge in [0.2, 0.25) is 0 Å². The number of hydrogen-bond donors (Lipinski definition) is 4. The number of methoxy groups -OCH3 is 2. The van der Waals surface area contributed by atoms with Crippen molar-refractivity contribution in [2.75, 3.05) is 14.2 Å². The molecule has 0 aliphatic rings. The van der Waals surface area contributed by atoms with Crippen LogP contribution in [0.3, 0.4) is 0 Å². The number of ketones is 1. The highest BCUT2D eigenvalue weighted by Gasteiger charge is 2.33. The van der Waals surface area contributed by atoms with Gasteiger partial charge in [-0.1, -0.05) is 59.6 Å². The summed E-state index contributed by atoms with van der Waals surface area (Å²) in [5.41, 5.74) is 2.21. The van der Waals surface area contributed by atoms with Crippen LogP contribution in [0.25, 0.3) is 0 Å².